The highest BCUT2D eigenvalue weighted by molar-refractivity contribution is 7.90. The minimum absolute atomic E-state index is 0.223. The molecule has 15 heavy (non-hydrogen) atoms. The molecule has 0 atom stereocenters. The molecule has 1 N–H and O–H groups in total. The fourth-order valence-electron chi connectivity index (χ4n) is 1.09. The summed E-state index contributed by atoms with van der Waals surface area (Å²) in [6.07, 6.45) is 3.89. The summed E-state index contributed by atoms with van der Waals surface area (Å²) in [6, 6.07) is 0. The van der Waals surface area contributed by atoms with Crippen LogP contribution in [0.15, 0.2) is 10.9 Å². The van der Waals surface area contributed by atoms with E-state index in [0.717, 1.165) is 0 Å². The molecule has 7 heteroatoms. The maximum atomic E-state index is 10.8. The van der Waals surface area contributed by atoms with Gasteiger partial charge in [-0.15, -0.1) is 0 Å². The van der Waals surface area contributed by atoms with Crippen molar-refractivity contribution in [2.45, 2.75) is 12.8 Å². The molecule has 0 unspecified atom stereocenters. The zero-order valence-corrected chi connectivity index (χ0v) is 9.46. The van der Waals surface area contributed by atoms with Crippen LogP contribution in [0.2, 0.25) is 0 Å². The van der Waals surface area contributed by atoms with Crippen LogP contribution < -0.4 is 5.32 Å². The topological polar surface area (TPSA) is 85.1 Å². The van der Waals surface area contributed by atoms with Gasteiger partial charge in [-0.1, -0.05) is 5.16 Å². The maximum absolute atomic E-state index is 10.8. The summed E-state index contributed by atoms with van der Waals surface area (Å²) in [5, 5.41) is 6.58. The van der Waals surface area contributed by atoms with Crippen LogP contribution in [0.5, 0.6) is 0 Å². The zero-order chi connectivity index (χ0) is 11.1. The van der Waals surface area contributed by atoms with Crippen LogP contribution in [0, 0.1) is 0 Å². The van der Waals surface area contributed by atoms with Crippen molar-refractivity contribution in [3.63, 3.8) is 0 Å². The number of aromatic nitrogens is 2. The molecule has 0 radical (unpaired) electrons. The Morgan fingerprint density at radius 3 is 2.87 bits per heavy atom. The highest BCUT2D eigenvalue weighted by Crippen LogP contribution is 1.91. The van der Waals surface area contributed by atoms with E-state index in [4.69, 9.17) is 4.52 Å². The Hall–Kier alpha value is -0.950. The average Bonchev–Trinajstić information content (AvgIpc) is 2.61. The van der Waals surface area contributed by atoms with E-state index in [0.29, 0.717) is 31.8 Å². The predicted molar refractivity (Wildman–Crippen MR) is 55.2 cm³/mol. The van der Waals surface area contributed by atoms with Gasteiger partial charge in [0.1, 0.15) is 9.84 Å². The number of hydrogen-bond donors (Lipinski definition) is 1. The Morgan fingerprint density at radius 2 is 2.27 bits per heavy atom. The smallest absolute Gasteiger partial charge is 0.227 e. The molecular weight excluding hydrogens is 218 g/mol. The molecule has 0 saturated carbocycles. The molecule has 0 bridgehead atoms. The van der Waals surface area contributed by atoms with E-state index in [2.05, 4.69) is 15.5 Å². The second-order valence-corrected chi connectivity index (χ2v) is 5.58. The highest BCUT2D eigenvalue weighted by Gasteiger charge is 2.01. The first kappa shape index (κ1) is 12.1. The number of nitrogens with one attached hydrogen (secondary N) is 1. The lowest BCUT2D eigenvalue weighted by Crippen LogP contribution is -2.20. The zero-order valence-electron chi connectivity index (χ0n) is 8.64. The molecule has 1 rings (SSSR count). The molecule has 0 amide bonds. The van der Waals surface area contributed by atoms with Gasteiger partial charge >= 0.3 is 0 Å². The van der Waals surface area contributed by atoms with Crippen LogP contribution in [0.25, 0.3) is 0 Å². The average molecular weight is 233 g/mol. The van der Waals surface area contributed by atoms with Crippen molar-refractivity contribution in [2.75, 3.05) is 25.1 Å². The van der Waals surface area contributed by atoms with Gasteiger partial charge < -0.3 is 9.84 Å². The summed E-state index contributed by atoms with van der Waals surface area (Å²) in [5.74, 6) is 0.811. The molecule has 6 nitrogen and oxygen atoms in total. The molecule has 0 saturated heterocycles. The fraction of sp³-hybridized carbons (Fsp3) is 0.750. The second kappa shape index (κ2) is 5.82. The lowest BCUT2D eigenvalue weighted by Gasteiger charge is -2.01. The summed E-state index contributed by atoms with van der Waals surface area (Å²) in [7, 11) is -2.84. The first-order valence-electron chi connectivity index (χ1n) is 4.72. The van der Waals surface area contributed by atoms with Crippen molar-refractivity contribution in [1.82, 2.24) is 15.5 Å². The monoisotopic (exact) mass is 233 g/mol. The van der Waals surface area contributed by atoms with Gasteiger partial charge in [0.05, 0.1) is 5.75 Å². The van der Waals surface area contributed by atoms with Crippen LogP contribution in [-0.4, -0.2) is 43.7 Å². The van der Waals surface area contributed by atoms with Crippen molar-refractivity contribution >= 4 is 9.84 Å². The van der Waals surface area contributed by atoms with Crippen molar-refractivity contribution in [2.24, 2.45) is 0 Å². The second-order valence-electron chi connectivity index (χ2n) is 3.32. The molecule has 0 aromatic carbocycles. The molecule has 0 aliphatic carbocycles. The van der Waals surface area contributed by atoms with Crippen molar-refractivity contribution < 1.29 is 12.9 Å². The molecule has 1 heterocycles. The van der Waals surface area contributed by atoms with Gasteiger partial charge in [0.2, 0.25) is 5.89 Å². The molecular formula is C8H15N3O3S. The molecule has 0 aliphatic heterocycles. The predicted octanol–water partition coefficient (Wildman–Crippen LogP) is -0.364. The largest absolute Gasteiger partial charge is 0.340 e. The summed E-state index contributed by atoms with van der Waals surface area (Å²) in [4.78, 5) is 3.86. The van der Waals surface area contributed by atoms with Gasteiger partial charge in [0, 0.05) is 19.2 Å². The Labute approximate surface area is 89.0 Å². The van der Waals surface area contributed by atoms with Crippen molar-refractivity contribution in [3.8, 4) is 0 Å². The summed E-state index contributed by atoms with van der Waals surface area (Å²) < 4.78 is 26.4. The van der Waals surface area contributed by atoms with Crippen molar-refractivity contribution in [3.05, 3.63) is 12.2 Å². The lowest BCUT2D eigenvalue weighted by molar-refractivity contribution is 0.375. The van der Waals surface area contributed by atoms with E-state index in [9.17, 15) is 8.42 Å². The minimum atomic E-state index is -2.84. The summed E-state index contributed by atoms with van der Waals surface area (Å²) >= 11 is 0. The Bertz CT molecular complexity index is 360. The first-order chi connectivity index (χ1) is 7.08. The summed E-state index contributed by atoms with van der Waals surface area (Å²) in [6.45, 7) is 1.40. The van der Waals surface area contributed by atoms with Crippen molar-refractivity contribution in [1.29, 1.82) is 0 Å². The van der Waals surface area contributed by atoms with Crippen LogP contribution in [0.4, 0.5) is 0 Å². The molecule has 0 fully saturated rings. The maximum Gasteiger partial charge on any atom is 0.227 e. The number of rotatable bonds is 7. The van der Waals surface area contributed by atoms with E-state index in [1.165, 1.54) is 12.6 Å². The Kier molecular flexibility index (Phi) is 4.70. The molecule has 0 aliphatic rings. The van der Waals surface area contributed by atoms with Crippen LogP contribution >= 0.6 is 0 Å². The third-order valence-corrected chi connectivity index (χ3v) is 2.82. The number of nitrogens with zero attached hydrogens (tertiary/aromatic N) is 2. The third-order valence-electron chi connectivity index (χ3n) is 1.79. The van der Waals surface area contributed by atoms with Gasteiger partial charge in [0.25, 0.3) is 0 Å². The third kappa shape index (κ3) is 6.19. The summed E-state index contributed by atoms with van der Waals surface area (Å²) in [5.41, 5.74) is 0. The van der Waals surface area contributed by atoms with Crippen LogP contribution in [-0.2, 0) is 16.3 Å². The Morgan fingerprint density at radius 1 is 1.47 bits per heavy atom. The number of hydrogen-bond acceptors (Lipinski definition) is 6. The highest BCUT2D eigenvalue weighted by atomic mass is 32.2. The normalized spacial score (nSPS) is 11.8. The first-order valence-corrected chi connectivity index (χ1v) is 6.78. The lowest BCUT2D eigenvalue weighted by atomic mass is 10.4. The molecule has 1 aromatic rings. The molecule has 86 valence electrons. The Balaban J connectivity index is 1.99. The van der Waals surface area contributed by atoms with Crippen LogP contribution in [0.3, 0.4) is 0 Å². The quantitative estimate of drug-likeness (QED) is 0.647. The number of sulfone groups is 1. The molecule has 0 spiro atoms. The van der Waals surface area contributed by atoms with Crippen LogP contribution in [0.1, 0.15) is 12.3 Å². The van der Waals surface area contributed by atoms with E-state index in [1.54, 1.807) is 0 Å². The van der Waals surface area contributed by atoms with Gasteiger partial charge in [-0.3, -0.25) is 0 Å². The minimum Gasteiger partial charge on any atom is -0.340 e. The van der Waals surface area contributed by atoms with E-state index >= 15 is 0 Å². The fourth-order valence-corrected chi connectivity index (χ4v) is 1.75. The van der Waals surface area contributed by atoms with Gasteiger partial charge in [-0.25, -0.2) is 8.42 Å². The van der Waals surface area contributed by atoms with E-state index in [-0.39, 0.29) is 5.75 Å². The van der Waals surface area contributed by atoms with E-state index < -0.39 is 9.84 Å². The van der Waals surface area contributed by atoms with E-state index in [1.807, 2.05) is 0 Å². The molecule has 1 aromatic heterocycles. The standard InChI is InChI=1S/C8H15N3O3S/c1-15(12,13)6-2-4-9-5-3-8-10-7-11-14-8/h7,9H,2-6H2,1H3. The van der Waals surface area contributed by atoms with Gasteiger partial charge in [-0.05, 0) is 13.0 Å². The van der Waals surface area contributed by atoms with Gasteiger partial charge in [0.15, 0.2) is 6.33 Å². The van der Waals surface area contributed by atoms with Gasteiger partial charge in [-0.2, -0.15) is 4.98 Å². The SMILES string of the molecule is CS(=O)(=O)CCCNCCc1ncno1.